The average molecular weight is 1470 g/mol. The Kier molecular flexibility index (Phi) is 47.3. The van der Waals surface area contributed by atoms with Crippen molar-refractivity contribution in [2.45, 2.75) is 327 Å². The highest BCUT2D eigenvalue weighted by Gasteiger charge is 2.47. The van der Waals surface area contributed by atoms with E-state index in [9.17, 15) is 111 Å². The Labute approximate surface area is 597 Å². The van der Waals surface area contributed by atoms with Crippen molar-refractivity contribution in [3.8, 4) is 0 Å². The highest BCUT2D eigenvalue weighted by atomic mass is 32.3. The summed E-state index contributed by atoms with van der Waals surface area (Å²) in [5.74, 6) is -1.20. The lowest BCUT2D eigenvalue weighted by Gasteiger charge is -2.42. The van der Waals surface area contributed by atoms with Crippen LogP contribution in [0.2, 0.25) is 0 Å². The summed E-state index contributed by atoms with van der Waals surface area (Å²) in [4.78, 5) is 0. The van der Waals surface area contributed by atoms with Crippen molar-refractivity contribution in [2.24, 2.45) is 11.8 Å². The Morgan fingerprint density at radius 3 is 1.56 bits per heavy atom. The van der Waals surface area contributed by atoms with Crippen LogP contribution >= 0.6 is 0 Å². The maximum Gasteiger partial charge on any atom is 0.397 e. The minimum absolute atomic E-state index is 0.00456. The van der Waals surface area contributed by atoms with Gasteiger partial charge in [0.15, 0.2) is 0 Å². The van der Waals surface area contributed by atoms with Gasteiger partial charge in [-0.05, 0) is 159 Å². The van der Waals surface area contributed by atoms with Gasteiger partial charge in [0.1, 0.15) is 67.1 Å². The normalized spacial score (nSPS) is 26.5. The van der Waals surface area contributed by atoms with E-state index >= 15 is 0 Å². The molecule has 0 aromatic carbocycles. The maximum absolute atomic E-state index is 11.2. The molecule has 0 aliphatic carbocycles. The first-order valence-electron chi connectivity index (χ1n) is 35.7. The molecule has 0 amide bonds. The molecular formula is C73H126O27S. The van der Waals surface area contributed by atoms with Gasteiger partial charge in [-0.15, -0.1) is 0 Å². The number of unbranched alkanes of at least 4 members (excludes halogenated alkanes) is 2. The average Bonchev–Trinajstić information content (AvgIpc) is 0.819. The molecule has 0 bridgehead atoms. The number of hydrogen-bond acceptors (Lipinski definition) is 26. The summed E-state index contributed by atoms with van der Waals surface area (Å²) in [7, 11) is -4.73. The zero-order valence-electron chi connectivity index (χ0n) is 59.1. The van der Waals surface area contributed by atoms with Crippen LogP contribution in [0.4, 0.5) is 0 Å². The van der Waals surface area contributed by atoms with Crippen LogP contribution < -0.4 is 0 Å². The minimum Gasteiger partial charge on any atom is -0.394 e. The van der Waals surface area contributed by atoms with Crippen molar-refractivity contribution in [1.82, 2.24) is 0 Å². The molecule has 0 spiro atoms. The van der Waals surface area contributed by atoms with Crippen LogP contribution in [-0.4, -0.2) is 279 Å². The first-order valence-corrected chi connectivity index (χ1v) is 37.1. The molecule has 2 heterocycles. The van der Waals surface area contributed by atoms with Gasteiger partial charge in [-0.1, -0.05) is 118 Å². The number of rotatable bonds is 54. The third kappa shape index (κ3) is 38.1. The summed E-state index contributed by atoms with van der Waals surface area (Å²) < 4.78 is 46.3. The van der Waals surface area contributed by atoms with Crippen molar-refractivity contribution < 1.29 is 134 Å². The Hall–Kier alpha value is -3.39. The molecule has 22 N–H and O–H groups in total. The van der Waals surface area contributed by atoms with Gasteiger partial charge < -0.3 is 117 Å². The Balaban J connectivity index is 1.76. The number of ether oxygens (including phenoxy) is 2. The molecule has 2 rings (SSSR count). The smallest absolute Gasteiger partial charge is 0.394 e. The molecule has 586 valence electrons. The summed E-state index contributed by atoms with van der Waals surface area (Å²) in [5, 5.41) is 226. The fourth-order valence-corrected chi connectivity index (χ4v) is 12.7. The standard InChI is InChI=1S/C73H126O27S/c1-6-7-8-9-10-11-12-13-14-15-16-17-18-19-32-56(81)67(90)72-70(93)61(86)43-63(99-72)71(94)66(89)47(4)35-38-55(80)62-42-60(85)69(92)73(98-62)68(91)57(82)39-45(2)33-36-53(79)41-59(84)65(88)48(5)40-58(83)64(87)46(3)34-37-52(78)29-22-28-50(76)25-20-24-49(75)26-21-27-51(77)30-23-31-54(44-74)100-101(95,96)97/h6-8,11-16,19,23,30,32,39,46,48-94H,1,4,9-10,17-18,20-22,24-29,31,33-38,40-44H2,2-3,5H3,(H,95,96,97)/b8-7+,12-11+,14-13+,16-15+,30-23+,32-19-,45-39+/t46?,48?,49?,50?,51?,52?,53?,54?,55?,56?,57?,58?,59?,60-,61+,62+,63-,64?,65?,66?,67?,68?,69-,70+,71?,72-,73+/m1/s1. The molecule has 2 aliphatic rings. The van der Waals surface area contributed by atoms with Gasteiger partial charge in [-0.2, -0.15) is 8.42 Å². The van der Waals surface area contributed by atoms with E-state index < -0.39 is 181 Å². The maximum atomic E-state index is 11.2. The first kappa shape index (κ1) is 93.7. The van der Waals surface area contributed by atoms with Crippen LogP contribution in [-0.2, 0) is 24.1 Å². The second-order valence-electron chi connectivity index (χ2n) is 27.7. The van der Waals surface area contributed by atoms with Crippen LogP contribution in [0.25, 0.3) is 0 Å². The first-order chi connectivity index (χ1) is 47.6. The zero-order valence-corrected chi connectivity index (χ0v) is 59.9. The van der Waals surface area contributed by atoms with Gasteiger partial charge in [0.25, 0.3) is 0 Å². The molecule has 19 unspecified atom stereocenters. The molecule has 27 nitrogen and oxygen atoms in total. The monoisotopic (exact) mass is 1470 g/mol. The van der Waals surface area contributed by atoms with Gasteiger partial charge in [0.2, 0.25) is 0 Å². The van der Waals surface area contributed by atoms with Crippen LogP contribution in [0.5, 0.6) is 0 Å². The lowest BCUT2D eigenvalue weighted by molar-refractivity contribution is -0.234. The molecular weight excluding hydrogens is 1340 g/mol. The van der Waals surface area contributed by atoms with Crippen molar-refractivity contribution in [3.63, 3.8) is 0 Å². The van der Waals surface area contributed by atoms with E-state index in [1.165, 1.54) is 24.3 Å². The molecule has 2 saturated heterocycles. The summed E-state index contributed by atoms with van der Waals surface area (Å²) >= 11 is 0. The number of aliphatic hydroxyl groups is 21. The molecule has 0 radical (unpaired) electrons. The molecule has 2 aliphatic heterocycles. The summed E-state index contributed by atoms with van der Waals surface area (Å²) in [6.07, 6.45) is -4.02. The Bertz CT molecular complexity index is 2570. The largest absolute Gasteiger partial charge is 0.397 e. The van der Waals surface area contributed by atoms with Crippen LogP contribution in [0, 0.1) is 11.8 Å². The third-order valence-corrected chi connectivity index (χ3v) is 19.3. The van der Waals surface area contributed by atoms with E-state index in [-0.39, 0.29) is 63.4 Å². The topological polar surface area (TPSA) is 507 Å². The zero-order chi connectivity index (χ0) is 75.9. The van der Waals surface area contributed by atoms with Gasteiger partial charge in [-0.25, -0.2) is 4.18 Å². The molecule has 27 atom stereocenters. The van der Waals surface area contributed by atoms with E-state index in [1.807, 2.05) is 48.6 Å². The quantitative estimate of drug-likeness (QED) is 0.0178. The van der Waals surface area contributed by atoms with E-state index in [4.69, 9.17) is 19.1 Å². The van der Waals surface area contributed by atoms with E-state index in [1.54, 1.807) is 32.9 Å². The van der Waals surface area contributed by atoms with Crippen LogP contribution in [0.3, 0.4) is 0 Å². The van der Waals surface area contributed by atoms with Crippen molar-refractivity contribution >= 4 is 10.4 Å². The summed E-state index contributed by atoms with van der Waals surface area (Å²) in [6.45, 7) is 11.7. The predicted molar refractivity (Wildman–Crippen MR) is 378 cm³/mol. The molecule has 2 fully saturated rings. The van der Waals surface area contributed by atoms with Crippen molar-refractivity contribution in [2.75, 3.05) is 6.61 Å². The highest BCUT2D eigenvalue weighted by molar-refractivity contribution is 7.80. The Morgan fingerprint density at radius 2 is 1.02 bits per heavy atom. The van der Waals surface area contributed by atoms with Crippen molar-refractivity contribution in [1.29, 1.82) is 0 Å². The fraction of sp³-hybridized carbons (Fsp3) is 0.753. The van der Waals surface area contributed by atoms with Crippen LogP contribution in [0.15, 0.2) is 109 Å². The lowest BCUT2D eigenvalue weighted by Crippen LogP contribution is -2.59. The number of hydrogen-bond donors (Lipinski definition) is 22. The molecule has 0 saturated carbocycles. The minimum atomic E-state index is -4.73. The Morgan fingerprint density at radius 1 is 0.535 bits per heavy atom. The third-order valence-electron chi connectivity index (χ3n) is 18.7. The lowest BCUT2D eigenvalue weighted by atomic mass is 9.85. The molecule has 101 heavy (non-hydrogen) atoms. The van der Waals surface area contributed by atoms with E-state index in [0.717, 1.165) is 12.8 Å². The fourth-order valence-electron chi connectivity index (χ4n) is 12.2. The van der Waals surface area contributed by atoms with Gasteiger partial charge in [-0.3, -0.25) is 4.55 Å². The highest BCUT2D eigenvalue weighted by Crippen LogP contribution is 2.32. The second kappa shape index (κ2) is 51.0. The van der Waals surface area contributed by atoms with Crippen molar-refractivity contribution in [3.05, 3.63) is 109 Å². The molecule has 0 aromatic heterocycles. The van der Waals surface area contributed by atoms with E-state index in [2.05, 4.69) is 17.3 Å². The number of allylic oxidation sites excluding steroid dienone is 11. The predicted octanol–water partition coefficient (Wildman–Crippen LogP) is 1.58. The van der Waals surface area contributed by atoms with E-state index in [0.29, 0.717) is 89.0 Å². The summed E-state index contributed by atoms with van der Waals surface area (Å²) in [5.41, 5.74) is 0.452. The number of aliphatic hydroxyl groups excluding tert-OH is 21. The van der Waals surface area contributed by atoms with Gasteiger partial charge in [0, 0.05) is 19.3 Å². The molecule has 28 heteroatoms. The second-order valence-corrected chi connectivity index (χ2v) is 28.7. The van der Waals surface area contributed by atoms with Gasteiger partial charge >= 0.3 is 10.4 Å². The van der Waals surface area contributed by atoms with Crippen LogP contribution in [0.1, 0.15) is 175 Å². The SMILES string of the molecule is C=C/C=C/CC/C=C/C=C/C=C/CC/C=C\C(O)C(O)[C@H]1O[C@@H](C(O)C(O)C(=C)CCC(O)[C@@H]2C[C@@H](O)[C@@H](O)[C@H](C(O)C(O)/C=C(\C)CCC(O)CC(O)C(O)C(C)CC(O)C(O)C(C)CCC(O)CCCC(O)CCCC(O)CCCC(O)/C=C/CC(CO)OS(=O)(=O)O)O2)C[C@H](O)[C@@H]1O. The van der Waals surface area contributed by atoms with Gasteiger partial charge in [0.05, 0.1) is 92.1 Å². The molecule has 0 aromatic rings. The summed E-state index contributed by atoms with van der Waals surface area (Å²) in [6, 6.07) is 0.